The van der Waals surface area contributed by atoms with Crippen molar-refractivity contribution in [2.24, 2.45) is 5.92 Å². The third-order valence-corrected chi connectivity index (χ3v) is 16.4. The number of ether oxygens (including phenoxy) is 1. The van der Waals surface area contributed by atoms with E-state index >= 15 is 0 Å². The fourth-order valence-electron chi connectivity index (χ4n) is 3.12. The lowest BCUT2D eigenvalue weighted by Gasteiger charge is -2.43. The van der Waals surface area contributed by atoms with Crippen molar-refractivity contribution in [1.29, 1.82) is 0 Å². The first-order valence-electron chi connectivity index (χ1n) is 12.3. The maximum absolute atomic E-state index is 11.6. The molecule has 0 fully saturated rings. The molecule has 4 nitrogen and oxygen atoms in total. The minimum Gasteiger partial charge on any atom is -0.432 e. The number of carbonyl (C=O) groups is 1. The molecular weight excluding hydrogens is 432 g/mol. The topological polar surface area (TPSA) is 44.8 Å². The summed E-state index contributed by atoms with van der Waals surface area (Å²) in [6, 6.07) is 0. The largest absolute Gasteiger partial charge is 0.432 e. The van der Waals surface area contributed by atoms with E-state index in [0.717, 1.165) is 25.0 Å². The number of allylic oxidation sites excluding steroid dienone is 1. The van der Waals surface area contributed by atoms with Crippen molar-refractivity contribution >= 4 is 22.6 Å². The summed E-state index contributed by atoms with van der Waals surface area (Å²) in [6.07, 6.45) is 5.88. The van der Waals surface area contributed by atoms with E-state index in [-0.39, 0.29) is 21.6 Å². The van der Waals surface area contributed by atoms with E-state index in [1.165, 1.54) is 6.92 Å². The highest BCUT2D eigenvalue weighted by molar-refractivity contribution is 6.74. The Kier molecular flexibility index (Phi) is 11.6. The van der Waals surface area contributed by atoms with Crippen LogP contribution in [-0.4, -0.2) is 34.8 Å². The molecule has 1 atom stereocenters. The Morgan fingerprint density at radius 2 is 1.41 bits per heavy atom. The van der Waals surface area contributed by atoms with E-state index in [0.29, 0.717) is 18.9 Å². The number of rotatable bonds is 12. The van der Waals surface area contributed by atoms with Gasteiger partial charge >= 0.3 is 5.97 Å². The van der Waals surface area contributed by atoms with E-state index in [9.17, 15) is 4.79 Å². The van der Waals surface area contributed by atoms with E-state index in [1.54, 1.807) is 0 Å². The van der Waals surface area contributed by atoms with Crippen LogP contribution in [0.3, 0.4) is 0 Å². The first-order valence-corrected chi connectivity index (χ1v) is 18.1. The Morgan fingerprint density at radius 3 is 1.84 bits per heavy atom. The number of carbonyl (C=O) groups excluding carboxylic acids is 1. The molecule has 0 amide bonds. The molecule has 0 aromatic rings. The summed E-state index contributed by atoms with van der Waals surface area (Å²) < 4.78 is 18.5. The normalized spacial score (nSPS) is 15.6. The average molecular weight is 487 g/mol. The van der Waals surface area contributed by atoms with Crippen LogP contribution in [-0.2, 0) is 18.4 Å². The zero-order valence-corrected chi connectivity index (χ0v) is 25.8. The zero-order valence-electron chi connectivity index (χ0n) is 23.8. The molecule has 190 valence electrons. The number of hydrogen-bond donors (Lipinski definition) is 0. The second-order valence-electron chi connectivity index (χ2n) is 13.1. The molecule has 0 unspecified atom stereocenters. The molecule has 0 saturated carbocycles. The summed E-state index contributed by atoms with van der Waals surface area (Å²) in [5, 5.41) is 0.386. The van der Waals surface area contributed by atoms with Gasteiger partial charge in [0.1, 0.15) is 5.76 Å². The summed E-state index contributed by atoms with van der Waals surface area (Å²) in [4.78, 5) is 11.6. The van der Waals surface area contributed by atoms with Crippen LogP contribution < -0.4 is 0 Å². The number of hydrogen-bond acceptors (Lipinski definition) is 4. The van der Waals surface area contributed by atoms with E-state index in [4.69, 9.17) is 13.6 Å². The van der Waals surface area contributed by atoms with E-state index < -0.39 is 16.6 Å². The molecule has 32 heavy (non-hydrogen) atoms. The molecule has 0 aliphatic rings. The van der Waals surface area contributed by atoms with Gasteiger partial charge in [-0.25, -0.2) is 0 Å². The molecule has 0 saturated heterocycles. The van der Waals surface area contributed by atoms with Gasteiger partial charge in [-0.1, -0.05) is 54.9 Å². The molecule has 0 rings (SSSR count). The fourth-order valence-corrected chi connectivity index (χ4v) is 5.96. The lowest BCUT2D eigenvalue weighted by Crippen LogP contribution is -2.47. The van der Waals surface area contributed by atoms with Crippen LogP contribution in [0.1, 0.15) is 94.9 Å². The van der Waals surface area contributed by atoms with Crippen molar-refractivity contribution in [1.82, 2.24) is 0 Å². The maximum Gasteiger partial charge on any atom is 0.307 e. The monoisotopic (exact) mass is 486 g/mol. The van der Waals surface area contributed by atoms with Gasteiger partial charge in [-0.05, 0) is 74.9 Å². The molecule has 6 heteroatoms. The quantitative estimate of drug-likeness (QED) is 0.158. The van der Waals surface area contributed by atoms with E-state index in [1.807, 2.05) is 0 Å². The van der Waals surface area contributed by atoms with Gasteiger partial charge in [0.15, 0.2) is 16.6 Å². The highest BCUT2D eigenvalue weighted by atomic mass is 28.4. The predicted molar refractivity (Wildman–Crippen MR) is 143 cm³/mol. The Morgan fingerprint density at radius 1 is 0.906 bits per heavy atom. The van der Waals surface area contributed by atoms with Crippen LogP contribution >= 0.6 is 0 Å². The van der Waals surface area contributed by atoms with Gasteiger partial charge in [-0.3, -0.25) is 4.79 Å². The van der Waals surface area contributed by atoms with Crippen LogP contribution in [0, 0.1) is 5.92 Å². The van der Waals surface area contributed by atoms with Gasteiger partial charge < -0.3 is 13.6 Å². The van der Waals surface area contributed by atoms with Crippen LogP contribution in [0.15, 0.2) is 11.8 Å². The SMILES string of the molecule is CC(=O)O/C(=C\[C@@H](C)CCCC(C)(C)O[Si](C)(C)C(C)(C)C)CCO[Si](C)(C)C(C)(C)C. The Labute approximate surface area is 202 Å². The van der Waals surface area contributed by atoms with Gasteiger partial charge in [0.05, 0.1) is 5.60 Å². The standard InChI is InChI=1S/C26H54O4Si2/c1-21(16-15-18-26(9,10)30-32(13,14)25(6,7)8)20-23(29-22(2)27)17-19-28-31(11,12)24(3,4)5/h20-21H,15-19H2,1-14H3/b23-20-/t21-/m0/s1. The van der Waals surface area contributed by atoms with Crippen molar-refractivity contribution in [2.45, 2.75) is 137 Å². The van der Waals surface area contributed by atoms with Crippen molar-refractivity contribution in [3.05, 3.63) is 11.8 Å². The average Bonchev–Trinajstić information content (AvgIpc) is 2.50. The molecule has 0 aromatic carbocycles. The molecule has 0 radical (unpaired) electrons. The summed E-state index contributed by atoms with van der Waals surface area (Å²) >= 11 is 0. The first-order chi connectivity index (χ1) is 14.1. The van der Waals surface area contributed by atoms with Crippen molar-refractivity contribution in [3.63, 3.8) is 0 Å². The first kappa shape index (κ1) is 31.6. The summed E-state index contributed by atoms with van der Waals surface area (Å²) in [5.41, 5.74) is -0.123. The maximum atomic E-state index is 11.6. The molecule has 0 aliphatic carbocycles. The third kappa shape index (κ3) is 11.6. The molecule has 0 heterocycles. The fraction of sp³-hybridized carbons (Fsp3) is 0.885. The molecule has 0 aromatic heterocycles. The Balaban J connectivity index is 4.88. The van der Waals surface area contributed by atoms with Crippen LogP contribution in [0.5, 0.6) is 0 Å². The third-order valence-electron chi connectivity index (χ3n) is 7.14. The van der Waals surface area contributed by atoms with Gasteiger partial charge in [-0.2, -0.15) is 0 Å². The molecule has 0 bridgehead atoms. The Hall–Kier alpha value is -0.436. The second kappa shape index (κ2) is 11.8. The van der Waals surface area contributed by atoms with Gasteiger partial charge in [0, 0.05) is 20.0 Å². The molecular formula is C26H54O4Si2. The van der Waals surface area contributed by atoms with Crippen molar-refractivity contribution < 1.29 is 18.4 Å². The van der Waals surface area contributed by atoms with Crippen LogP contribution in [0.4, 0.5) is 0 Å². The second-order valence-corrected chi connectivity index (χ2v) is 22.6. The van der Waals surface area contributed by atoms with Crippen molar-refractivity contribution in [2.75, 3.05) is 6.61 Å². The minimum atomic E-state index is -1.81. The molecule has 0 N–H and O–H groups in total. The molecule has 0 spiro atoms. The van der Waals surface area contributed by atoms with Gasteiger partial charge in [0.2, 0.25) is 0 Å². The smallest absolute Gasteiger partial charge is 0.307 e. The molecule has 0 aliphatic heterocycles. The van der Waals surface area contributed by atoms with Crippen molar-refractivity contribution in [3.8, 4) is 0 Å². The summed E-state index contributed by atoms with van der Waals surface area (Å²) in [5.74, 6) is 0.807. The highest BCUT2D eigenvalue weighted by Crippen LogP contribution is 2.40. The summed E-state index contributed by atoms with van der Waals surface area (Å²) in [7, 11) is -3.59. The van der Waals surface area contributed by atoms with Crippen LogP contribution in [0.2, 0.25) is 36.3 Å². The van der Waals surface area contributed by atoms with Crippen LogP contribution in [0.25, 0.3) is 0 Å². The van der Waals surface area contributed by atoms with Gasteiger partial charge in [0.25, 0.3) is 0 Å². The summed E-state index contributed by atoms with van der Waals surface area (Å²) in [6.45, 7) is 31.4. The lowest BCUT2D eigenvalue weighted by atomic mass is 9.96. The minimum absolute atomic E-state index is 0.123. The Bertz CT molecular complexity index is 623. The lowest BCUT2D eigenvalue weighted by molar-refractivity contribution is -0.137. The predicted octanol–water partition coefficient (Wildman–Crippen LogP) is 8.45. The van der Waals surface area contributed by atoms with Gasteiger partial charge in [-0.15, -0.1) is 0 Å². The zero-order chi connectivity index (χ0) is 25.6. The van der Waals surface area contributed by atoms with E-state index in [2.05, 4.69) is 94.6 Å². The highest BCUT2D eigenvalue weighted by Gasteiger charge is 2.41. The number of esters is 1.